The van der Waals surface area contributed by atoms with Gasteiger partial charge in [-0.25, -0.2) is 4.39 Å². The van der Waals surface area contributed by atoms with Crippen molar-refractivity contribution in [3.05, 3.63) is 81.9 Å². The average Bonchev–Trinajstić information content (AvgIpc) is 3.06. The molecule has 0 saturated carbocycles. The number of anilines is 2. The van der Waals surface area contributed by atoms with Gasteiger partial charge in [0.05, 0.1) is 10.7 Å². The van der Waals surface area contributed by atoms with Crippen LogP contribution in [-0.4, -0.2) is 35.6 Å². The van der Waals surface area contributed by atoms with E-state index in [0.29, 0.717) is 0 Å². The standard InChI is InChI=1S/C25H22ClFN4O2S/c1-14-11-16(15(2)30(14)18-7-5-17(6-8-18)29(3)4)12-20-23(32)28-25(34)31(24(20)33)19-9-10-22(27)21(26)13-19/h5-13H,1-4H3,(H,28,32,34)/b20-12+. The molecule has 2 aromatic carbocycles. The number of rotatable bonds is 4. The molecular weight excluding hydrogens is 475 g/mol. The monoisotopic (exact) mass is 496 g/mol. The van der Waals surface area contributed by atoms with Crippen molar-refractivity contribution < 1.29 is 14.0 Å². The lowest BCUT2D eigenvalue weighted by molar-refractivity contribution is -0.122. The first-order valence-corrected chi connectivity index (χ1v) is 11.2. The maximum absolute atomic E-state index is 13.6. The number of carbonyl (C=O) groups is 2. The first kappa shape index (κ1) is 23.7. The maximum atomic E-state index is 13.6. The second-order valence-corrected chi connectivity index (χ2v) is 8.92. The van der Waals surface area contributed by atoms with Crippen LogP contribution in [0.3, 0.4) is 0 Å². The lowest BCUT2D eigenvalue weighted by atomic mass is 10.1. The molecule has 0 aliphatic carbocycles. The summed E-state index contributed by atoms with van der Waals surface area (Å²) in [4.78, 5) is 29.1. The van der Waals surface area contributed by atoms with Gasteiger partial charge in [-0.05, 0) is 86.2 Å². The molecule has 3 aromatic rings. The molecule has 2 heterocycles. The zero-order valence-corrected chi connectivity index (χ0v) is 20.6. The van der Waals surface area contributed by atoms with E-state index < -0.39 is 17.6 Å². The second-order valence-electron chi connectivity index (χ2n) is 8.13. The SMILES string of the molecule is Cc1cc(/C=C2\C(=O)NC(=S)N(c3ccc(F)c(Cl)c3)C2=O)c(C)n1-c1ccc(N(C)C)cc1. The van der Waals surface area contributed by atoms with E-state index in [0.717, 1.165) is 39.3 Å². The zero-order chi connectivity index (χ0) is 24.7. The van der Waals surface area contributed by atoms with Crippen molar-refractivity contribution in [2.75, 3.05) is 23.9 Å². The summed E-state index contributed by atoms with van der Waals surface area (Å²) in [6.07, 6.45) is 1.55. The number of nitrogens with zero attached hydrogens (tertiary/aromatic N) is 3. The molecule has 0 bridgehead atoms. The molecule has 2 amide bonds. The minimum Gasteiger partial charge on any atom is -0.378 e. The van der Waals surface area contributed by atoms with E-state index in [-0.39, 0.29) is 21.4 Å². The highest BCUT2D eigenvalue weighted by atomic mass is 35.5. The highest BCUT2D eigenvalue weighted by Crippen LogP contribution is 2.28. The summed E-state index contributed by atoms with van der Waals surface area (Å²) in [5, 5.41) is 2.28. The molecule has 9 heteroatoms. The minimum atomic E-state index is -0.619. The Morgan fingerprint density at radius 1 is 1.03 bits per heavy atom. The number of nitrogens with one attached hydrogen (secondary N) is 1. The number of halogens is 2. The Labute approximate surface area is 207 Å². The van der Waals surface area contributed by atoms with E-state index in [9.17, 15) is 14.0 Å². The summed E-state index contributed by atoms with van der Waals surface area (Å²) in [7, 11) is 3.96. The van der Waals surface area contributed by atoms with E-state index in [1.54, 1.807) is 6.08 Å². The Kier molecular flexibility index (Phi) is 6.29. The van der Waals surface area contributed by atoms with Crippen LogP contribution in [0.25, 0.3) is 11.8 Å². The van der Waals surface area contributed by atoms with Gasteiger partial charge in [0.15, 0.2) is 5.11 Å². The molecule has 1 aliphatic rings. The number of benzene rings is 2. The first-order chi connectivity index (χ1) is 16.1. The number of hydrogen-bond donors (Lipinski definition) is 1. The fraction of sp³-hybridized carbons (Fsp3) is 0.160. The van der Waals surface area contributed by atoms with E-state index in [1.807, 2.05) is 63.2 Å². The van der Waals surface area contributed by atoms with Crippen LogP contribution in [0.5, 0.6) is 0 Å². The molecule has 0 radical (unpaired) electrons. The fourth-order valence-electron chi connectivity index (χ4n) is 3.90. The van der Waals surface area contributed by atoms with Gasteiger partial charge >= 0.3 is 0 Å². The van der Waals surface area contributed by atoms with Gasteiger partial charge in [-0.3, -0.25) is 19.8 Å². The predicted molar refractivity (Wildman–Crippen MR) is 137 cm³/mol. The number of thiocarbonyl (C=S) groups is 1. The van der Waals surface area contributed by atoms with E-state index >= 15 is 0 Å². The second kappa shape index (κ2) is 9.04. The van der Waals surface area contributed by atoms with Crippen molar-refractivity contribution in [2.24, 2.45) is 0 Å². The van der Waals surface area contributed by atoms with Gasteiger partial charge < -0.3 is 9.47 Å². The van der Waals surface area contributed by atoms with Crippen molar-refractivity contribution in [3.63, 3.8) is 0 Å². The molecule has 0 spiro atoms. The number of carbonyl (C=O) groups excluding carboxylic acids is 2. The lowest BCUT2D eigenvalue weighted by Gasteiger charge is -2.29. The Balaban J connectivity index is 1.73. The maximum Gasteiger partial charge on any atom is 0.270 e. The van der Waals surface area contributed by atoms with Gasteiger partial charge in [0.1, 0.15) is 11.4 Å². The van der Waals surface area contributed by atoms with E-state index in [4.69, 9.17) is 23.8 Å². The molecule has 6 nitrogen and oxygen atoms in total. The zero-order valence-electron chi connectivity index (χ0n) is 19.0. The normalized spacial score (nSPS) is 15.2. The summed E-state index contributed by atoms with van der Waals surface area (Å²) in [5.41, 5.74) is 4.76. The third-order valence-corrected chi connectivity index (χ3v) is 6.23. The van der Waals surface area contributed by atoms with Gasteiger partial charge in [0.2, 0.25) is 0 Å². The lowest BCUT2D eigenvalue weighted by Crippen LogP contribution is -2.54. The summed E-state index contributed by atoms with van der Waals surface area (Å²) in [6, 6.07) is 13.8. The molecule has 1 aromatic heterocycles. The smallest absolute Gasteiger partial charge is 0.270 e. The quantitative estimate of drug-likeness (QED) is 0.321. The number of hydrogen-bond acceptors (Lipinski definition) is 4. The van der Waals surface area contributed by atoms with Crippen LogP contribution in [0.2, 0.25) is 5.02 Å². The van der Waals surface area contributed by atoms with Gasteiger partial charge in [0.25, 0.3) is 11.8 Å². The van der Waals surface area contributed by atoms with Gasteiger partial charge in [-0.2, -0.15) is 0 Å². The number of aromatic nitrogens is 1. The molecule has 4 rings (SSSR count). The first-order valence-electron chi connectivity index (χ1n) is 10.4. The highest BCUT2D eigenvalue weighted by molar-refractivity contribution is 7.80. The van der Waals surface area contributed by atoms with Crippen LogP contribution in [0, 0.1) is 19.7 Å². The summed E-state index contributed by atoms with van der Waals surface area (Å²) < 4.78 is 15.7. The topological polar surface area (TPSA) is 57.6 Å². The van der Waals surface area contributed by atoms with Crippen molar-refractivity contribution >= 4 is 58.2 Å². The molecule has 1 N–H and O–H groups in total. The predicted octanol–water partition coefficient (Wildman–Crippen LogP) is 4.78. The highest BCUT2D eigenvalue weighted by Gasteiger charge is 2.35. The van der Waals surface area contributed by atoms with Crippen LogP contribution < -0.4 is 15.1 Å². The number of amides is 2. The average molecular weight is 497 g/mol. The molecule has 1 saturated heterocycles. The summed E-state index contributed by atoms with van der Waals surface area (Å²) in [5.74, 6) is -1.83. The third kappa shape index (κ3) is 4.22. The van der Waals surface area contributed by atoms with Crippen molar-refractivity contribution in [3.8, 4) is 5.69 Å². The largest absolute Gasteiger partial charge is 0.378 e. The Hall–Kier alpha value is -3.49. The molecule has 0 unspecified atom stereocenters. The van der Waals surface area contributed by atoms with E-state index in [2.05, 4.69) is 9.88 Å². The molecule has 34 heavy (non-hydrogen) atoms. The number of aryl methyl sites for hydroxylation is 1. The van der Waals surface area contributed by atoms with Crippen LogP contribution in [-0.2, 0) is 9.59 Å². The van der Waals surface area contributed by atoms with Gasteiger partial charge in [-0.1, -0.05) is 11.6 Å². The van der Waals surface area contributed by atoms with Crippen LogP contribution in [0.15, 0.2) is 54.1 Å². The van der Waals surface area contributed by atoms with Crippen LogP contribution in [0.4, 0.5) is 15.8 Å². The molecule has 1 fully saturated rings. The minimum absolute atomic E-state index is 0.0859. The van der Waals surface area contributed by atoms with Crippen molar-refractivity contribution in [2.45, 2.75) is 13.8 Å². The third-order valence-electron chi connectivity index (χ3n) is 5.66. The Bertz CT molecular complexity index is 1360. The van der Waals surface area contributed by atoms with E-state index in [1.165, 1.54) is 12.1 Å². The van der Waals surface area contributed by atoms with Gasteiger partial charge in [0, 0.05) is 36.9 Å². The molecule has 1 aliphatic heterocycles. The molecule has 0 atom stereocenters. The molecular formula is C25H22ClFN4O2S. The van der Waals surface area contributed by atoms with Crippen molar-refractivity contribution in [1.82, 2.24) is 9.88 Å². The Morgan fingerprint density at radius 2 is 1.68 bits per heavy atom. The van der Waals surface area contributed by atoms with Gasteiger partial charge in [-0.15, -0.1) is 0 Å². The molecule has 174 valence electrons. The summed E-state index contributed by atoms with van der Waals surface area (Å²) >= 11 is 11.1. The van der Waals surface area contributed by atoms with Crippen LogP contribution in [0.1, 0.15) is 17.0 Å². The fourth-order valence-corrected chi connectivity index (χ4v) is 4.36. The Morgan fingerprint density at radius 3 is 2.29 bits per heavy atom. The van der Waals surface area contributed by atoms with Crippen LogP contribution >= 0.6 is 23.8 Å². The van der Waals surface area contributed by atoms with Crippen molar-refractivity contribution in [1.29, 1.82) is 0 Å². The summed E-state index contributed by atoms with van der Waals surface area (Å²) in [6.45, 7) is 3.88.